The van der Waals surface area contributed by atoms with E-state index in [1.165, 1.54) is 24.2 Å². The van der Waals surface area contributed by atoms with Crippen molar-refractivity contribution in [3.63, 3.8) is 0 Å². The number of pyridine rings is 1. The quantitative estimate of drug-likeness (QED) is 0.922. The number of nitrogens with two attached hydrogens (primary N) is 1. The fourth-order valence-electron chi connectivity index (χ4n) is 2.07. The van der Waals surface area contributed by atoms with Gasteiger partial charge in [0.1, 0.15) is 4.88 Å². The number of nitrogens with zero attached hydrogens (tertiary/aromatic N) is 2. The molecule has 1 saturated carbocycles. The predicted molar refractivity (Wildman–Crippen MR) is 73.7 cm³/mol. The monoisotopic (exact) mass is 261 g/mol. The van der Waals surface area contributed by atoms with Crippen LogP contribution in [-0.4, -0.2) is 29.4 Å². The molecular formula is C13H15N3OS. The van der Waals surface area contributed by atoms with Gasteiger partial charge in [0.25, 0.3) is 5.91 Å². The molecule has 5 heteroatoms. The van der Waals surface area contributed by atoms with Crippen LogP contribution in [0.4, 0.5) is 5.69 Å². The van der Waals surface area contributed by atoms with Crippen molar-refractivity contribution in [3.8, 4) is 0 Å². The van der Waals surface area contributed by atoms with Crippen LogP contribution in [0.2, 0.25) is 0 Å². The SMILES string of the molecule is CN(CC1CC1)C(=O)c1sc2cnccc2c1N. The Morgan fingerprint density at radius 3 is 3.06 bits per heavy atom. The summed E-state index contributed by atoms with van der Waals surface area (Å²) < 4.78 is 0.971. The van der Waals surface area contributed by atoms with E-state index in [9.17, 15) is 4.79 Å². The maximum atomic E-state index is 12.3. The summed E-state index contributed by atoms with van der Waals surface area (Å²) in [4.78, 5) is 18.8. The van der Waals surface area contributed by atoms with E-state index in [-0.39, 0.29) is 5.91 Å². The summed E-state index contributed by atoms with van der Waals surface area (Å²) in [7, 11) is 1.85. The standard InChI is InChI=1S/C13H15N3OS/c1-16(7-8-2-3-8)13(17)12-11(14)9-4-5-15-6-10(9)18-12/h4-6,8H,2-3,7,14H2,1H3. The van der Waals surface area contributed by atoms with Crippen molar-refractivity contribution in [2.45, 2.75) is 12.8 Å². The van der Waals surface area contributed by atoms with Crippen LogP contribution in [0.25, 0.3) is 10.1 Å². The first kappa shape index (κ1) is 11.5. The second kappa shape index (κ2) is 4.24. The molecule has 0 saturated heterocycles. The Balaban J connectivity index is 1.92. The average Bonchev–Trinajstić information content (AvgIpc) is 3.12. The predicted octanol–water partition coefficient (Wildman–Crippen LogP) is 2.36. The molecule has 1 aliphatic carbocycles. The van der Waals surface area contributed by atoms with E-state index >= 15 is 0 Å². The first-order valence-corrected chi connectivity index (χ1v) is 6.86. The number of carbonyl (C=O) groups is 1. The number of thiophene rings is 1. The molecule has 0 atom stereocenters. The third-order valence-corrected chi connectivity index (χ3v) is 4.45. The minimum absolute atomic E-state index is 0.0283. The van der Waals surface area contributed by atoms with Crippen LogP contribution >= 0.6 is 11.3 Å². The second-order valence-electron chi connectivity index (χ2n) is 4.85. The molecule has 0 aromatic carbocycles. The fraction of sp³-hybridized carbons (Fsp3) is 0.385. The molecule has 4 nitrogen and oxygen atoms in total. The molecule has 2 aromatic heterocycles. The Morgan fingerprint density at radius 1 is 1.61 bits per heavy atom. The van der Waals surface area contributed by atoms with Gasteiger partial charge in [-0.2, -0.15) is 0 Å². The molecular weight excluding hydrogens is 246 g/mol. The molecule has 1 aliphatic rings. The third-order valence-electron chi connectivity index (χ3n) is 3.30. The highest BCUT2D eigenvalue weighted by molar-refractivity contribution is 7.21. The molecule has 18 heavy (non-hydrogen) atoms. The maximum Gasteiger partial charge on any atom is 0.265 e. The minimum atomic E-state index is 0.0283. The van der Waals surface area contributed by atoms with Gasteiger partial charge in [-0.3, -0.25) is 9.78 Å². The van der Waals surface area contributed by atoms with Crippen molar-refractivity contribution < 1.29 is 4.79 Å². The minimum Gasteiger partial charge on any atom is -0.397 e. The van der Waals surface area contributed by atoms with Gasteiger partial charge in [0.2, 0.25) is 0 Å². The topological polar surface area (TPSA) is 59.2 Å². The first-order chi connectivity index (χ1) is 8.66. The number of fused-ring (bicyclic) bond motifs is 1. The molecule has 1 amide bonds. The van der Waals surface area contributed by atoms with Crippen LogP contribution in [-0.2, 0) is 0 Å². The zero-order valence-corrected chi connectivity index (χ0v) is 11.0. The van der Waals surface area contributed by atoms with E-state index in [1.54, 1.807) is 17.3 Å². The molecule has 0 bridgehead atoms. The smallest absolute Gasteiger partial charge is 0.265 e. The van der Waals surface area contributed by atoms with Crippen molar-refractivity contribution >= 4 is 33.0 Å². The lowest BCUT2D eigenvalue weighted by Crippen LogP contribution is -2.28. The number of rotatable bonds is 3. The first-order valence-electron chi connectivity index (χ1n) is 6.04. The van der Waals surface area contributed by atoms with Crippen molar-refractivity contribution in [2.24, 2.45) is 5.92 Å². The summed E-state index contributed by atoms with van der Waals surface area (Å²) in [5.41, 5.74) is 6.65. The van der Waals surface area contributed by atoms with Crippen LogP contribution < -0.4 is 5.73 Å². The van der Waals surface area contributed by atoms with Crippen LogP contribution in [0.1, 0.15) is 22.5 Å². The third kappa shape index (κ3) is 1.95. The highest BCUT2D eigenvalue weighted by Gasteiger charge is 2.27. The van der Waals surface area contributed by atoms with Gasteiger partial charge >= 0.3 is 0 Å². The lowest BCUT2D eigenvalue weighted by molar-refractivity contribution is 0.0794. The largest absolute Gasteiger partial charge is 0.397 e. The van der Waals surface area contributed by atoms with Gasteiger partial charge in [0.05, 0.1) is 10.4 Å². The van der Waals surface area contributed by atoms with Crippen LogP contribution in [0.15, 0.2) is 18.5 Å². The van der Waals surface area contributed by atoms with E-state index in [0.29, 0.717) is 16.5 Å². The van der Waals surface area contributed by atoms with E-state index in [1.807, 2.05) is 13.1 Å². The molecule has 3 rings (SSSR count). The van der Waals surface area contributed by atoms with Crippen LogP contribution in [0.3, 0.4) is 0 Å². The number of amides is 1. The zero-order valence-electron chi connectivity index (χ0n) is 10.2. The molecule has 0 unspecified atom stereocenters. The Kier molecular flexibility index (Phi) is 2.70. The second-order valence-corrected chi connectivity index (χ2v) is 5.90. The summed E-state index contributed by atoms with van der Waals surface area (Å²) in [6.07, 6.45) is 5.94. The number of nitrogen functional groups attached to an aromatic ring is 1. The molecule has 2 N–H and O–H groups in total. The van der Waals surface area contributed by atoms with Crippen molar-refractivity contribution in [3.05, 3.63) is 23.3 Å². The van der Waals surface area contributed by atoms with Crippen molar-refractivity contribution in [1.29, 1.82) is 0 Å². The van der Waals surface area contributed by atoms with Crippen LogP contribution in [0, 0.1) is 5.92 Å². The molecule has 2 aromatic rings. The Morgan fingerprint density at radius 2 is 2.39 bits per heavy atom. The molecule has 94 valence electrons. The number of hydrogen-bond donors (Lipinski definition) is 1. The van der Waals surface area contributed by atoms with Crippen molar-refractivity contribution in [2.75, 3.05) is 19.3 Å². The van der Waals surface area contributed by atoms with E-state index < -0.39 is 0 Å². The van der Waals surface area contributed by atoms with E-state index in [2.05, 4.69) is 4.98 Å². The number of aromatic nitrogens is 1. The Labute approximate surface area is 109 Å². The zero-order chi connectivity index (χ0) is 12.7. The van der Waals surface area contributed by atoms with E-state index in [4.69, 9.17) is 5.73 Å². The Bertz CT molecular complexity index is 603. The van der Waals surface area contributed by atoms with Crippen molar-refractivity contribution in [1.82, 2.24) is 9.88 Å². The lowest BCUT2D eigenvalue weighted by atomic mass is 10.2. The van der Waals surface area contributed by atoms with Gasteiger partial charge in [-0.25, -0.2) is 0 Å². The Hall–Kier alpha value is -1.62. The maximum absolute atomic E-state index is 12.3. The highest BCUT2D eigenvalue weighted by Crippen LogP contribution is 2.35. The highest BCUT2D eigenvalue weighted by atomic mass is 32.1. The summed E-state index contributed by atoms with van der Waals surface area (Å²) in [6, 6.07) is 1.86. The van der Waals surface area contributed by atoms with Gasteiger partial charge in [-0.1, -0.05) is 0 Å². The number of carbonyl (C=O) groups excluding carboxylic acids is 1. The average molecular weight is 261 g/mol. The summed E-state index contributed by atoms with van der Waals surface area (Å²) in [6.45, 7) is 0.838. The molecule has 0 aliphatic heterocycles. The molecule has 1 fully saturated rings. The van der Waals surface area contributed by atoms with Gasteiger partial charge in [-0.15, -0.1) is 11.3 Å². The number of anilines is 1. The lowest BCUT2D eigenvalue weighted by Gasteiger charge is -2.15. The molecule has 0 radical (unpaired) electrons. The fourth-order valence-corrected chi connectivity index (χ4v) is 3.16. The molecule has 2 heterocycles. The van der Waals surface area contributed by atoms with Gasteiger partial charge < -0.3 is 10.6 Å². The molecule has 0 spiro atoms. The summed E-state index contributed by atoms with van der Waals surface area (Å²) in [5, 5.41) is 0.929. The van der Waals surface area contributed by atoms with Gasteiger partial charge in [-0.05, 0) is 24.8 Å². The normalized spacial score (nSPS) is 14.9. The van der Waals surface area contributed by atoms with Gasteiger partial charge in [0, 0.05) is 31.4 Å². The summed E-state index contributed by atoms with van der Waals surface area (Å²) >= 11 is 1.43. The number of hydrogen-bond acceptors (Lipinski definition) is 4. The van der Waals surface area contributed by atoms with Crippen LogP contribution in [0.5, 0.6) is 0 Å². The summed E-state index contributed by atoms with van der Waals surface area (Å²) in [5.74, 6) is 0.719. The van der Waals surface area contributed by atoms with Gasteiger partial charge in [0.15, 0.2) is 0 Å². The van der Waals surface area contributed by atoms with E-state index in [0.717, 1.165) is 16.6 Å².